The van der Waals surface area contributed by atoms with Crippen LogP contribution in [-0.4, -0.2) is 25.0 Å². The summed E-state index contributed by atoms with van der Waals surface area (Å²) >= 11 is 0. The Hall–Kier alpha value is -1.99. The molecule has 1 aromatic carbocycles. The molecule has 0 radical (unpaired) electrons. The largest absolute Gasteiger partial charge is 0.368 e. The molecule has 0 aliphatic heterocycles. The molecule has 2 aromatic rings. The van der Waals surface area contributed by atoms with Crippen LogP contribution >= 0.6 is 0 Å². The lowest BCUT2D eigenvalue weighted by Crippen LogP contribution is -2.23. The Bertz CT molecular complexity index is 603. The van der Waals surface area contributed by atoms with Crippen LogP contribution in [0.1, 0.15) is 18.1 Å². The molecule has 7 heteroatoms. The molecule has 1 heterocycles. The molecule has 0 fully saturated rings. The third-order valence-electron chi connectivity index (χ3n) is 2.79. The van der Waals surface area contributed by atoms with E-state index in [1.165, 1.54) is 11.7 Å². The second-order valence-corrected chi connectivity index (χ2v) is 3.84. The summed E-state index contributed by atoms with van der Waals surface area (Å²) in [6.45, 7) is 1.99. The average Bonchev–Trinajstić information content (AvgIpc) is 2.71. The summed E-state index contributed by atoms with van der Waals surface area (Å²) in [5.41, 5.74) is 1.94. The fourth-order valence-electron chi connectivity index (χ4n) is 1.85. The van der Waals surface area contributed by atoms with Gasteiger partial charge in [-0.05, 0) is 28.5 Å². The van der Waals surface area contributed by atoms with Crippen LogP contribution in [0.4, 0.5) is 0 Å². The summed E-state index contributed by atoms with van der Waals surface area (Å²) in [4.78, 5) is 16.0. The van der Waals surface area contributed by atoms with Crippen LogP contribution in [0.3, 0.4) is 0 Å². The molecular weight excluding hydrogens is 236 g/mol. The number of hydrogen-bond donors (Lipinski definition) is 1. The van der Waals surface area contributed by atoms with Crippen LogP contribution < -0.4 is 5.69 Å². The van der Waals surface area contributed by atoms with Gasteiger partial charge in [-0.2, -0.15) is 9.36 Å². The lowest BCUT2D eigenvalue weighted by molar-refractivity contribution is -0.253. The van der Waals surface area contributed by atoms with Crippen LogP contribution in [0.5, 0.6) is 0 Å². The Balaban J connectivity index is 2.63. The van der Waals surface area contributed by atoms with Gasteiger partial charge in [0.1, 0.15) is 6.61 Å². The van der Waals surface area contributed by atoms with Crippen molar-refractivity contribution in [2.75, 3.05) is 0 Å². The number of nitrogens with zero attached hydrogens (tertiary/aromatic N) is 4. The summed E-state index contributed by atoms with van der Waals surface area (Å²) < 4.78 is 2.33. The number of tetrazole rings is 1. The van der Waals surface area contributed by atoms with Crippen molar-refractivity contribution in [3.8, 4) is 5.69 Å². The van der Waals surface area contributed by atoms with Gasteiger partial charge in [0, 0.05) is 12.6 Å². The molecule has 0 bridgehead atoms. The Morgan fingerprint density at radius 2 is 2.17 bits per heavy atom. The Kier molecular flexibility index (Phi) is 3.54. The van der Waals surface area contributed by atoms with Gasteiger partial charge in [0.15, 0.2) is 0 Å². The maximum Gasteiger partial charge on any atom is 0.368 e. The molecule has 0 aliphatic carbocycles. The van der Waals surface area contributed by atoms with E-state index in [1.807, 2.05) is 19.1 Å². The van der Waals surface area contributed by atoms with Gasteiger partial charge < -0.3 is 0 Å². The number of benzene rings is 1. The molecule has 96 valence electrons. The van der Waals surface area contributed by atoms with Crippen LogP contribution in [0.15, 0.2) is 23.0 Å². The monoisotopic (exact) mass is 250 g/mol. The summed E-state index contributed by atoms with van der Waals surface area (Å²) in [6.07, 6.45) is 0.765. The third-order valence-corrected chi connectivity index (χ3v) is 2.79. The number of aryl methyl sites for hydroxylation is 2. The van der Waals surface area contributed by atoms with Crippen LogP contribution in [0.2, 0.25) is 0 Å². The summed E-state index contributed by atoms with van der Waals surface area (Å²) in [6, 6.07) is 5.49. The predicted molar refractivity (Wildman–Crippen MR) is 63.4 cm³/mol. The fourth-order valence-corrected chi connectivity index (χ4v) is 1.85. The van der Waals surface area contributed by atoms with E-state index in [0.717, 1.165) is 22.2 Å². The van der Waals surface area contributed by atoms with E-state index < -0.39 is 0 Å². The van der Waals surface area contributed by atoms with Crippen LogP contribution in [-0.2, 0) is 25.0 Å². The topological polar surface area (TPSA) is 82.2 Å². The van der Waals surface area contributed by atoms with Gasteiger partial charge in [-0.15, -0.1) is 0 Å². The van der Waals surface area contributed by atoms with Crippen LogP contribution in [0, 0.1) is 0 Å². The Morgan fingerprint density at radius 3 is 2.72 bits per heavy atom. The number of rotatable bonds is 4. The molecular formula is C11H14N4O3. The van der Waals surface area contributed by atoms with E-state index in [9.17, 15) is 4.79 Å². The third kappa shape index (κ3) is 2.05. The maximum atomic E-state index is 11.8. The van der Waals surface area contributed by atoms with Gasteiger partial charge in [0.25, 0.3) is 0 Å². The van der Waals surface area contributed by atoms with Crippen molar-refractivity contribution in [1.29, 1.82) is 0 Å². The molecule has 0 amide bonds. The van der Waals surface area contributed by atoms with Crippen molar-refractivity contribution < 1.29 is 10.1 Å². The highest BCUT2D eigenvalue weighted by molar-refractivity contribution is 5.44. The molecule has 18 heavy (non-hydrogen) atoms. The van der Waals surface area contributed by atoms with Gasteiger partial charge in [0.05, 0.1) is 5.69 Å². The first-order chi connectivity index (χ1) is 8.69. The summed E-state index contributed by atoms with van der Waals surface area (Å²) in [5.74, 6) is 0. The van der Waals surface area contributed by atoms with E-state index in [2.05, 4.69) is 15.3 Å². The molecule has 0 aliphatic rings. The summed E-state index contributed by atoms with van der Waals surface area (Å²) in [5, 5.41) is 16.1. The van der Waals surface area contributed by atoms with E-state index in [4.69, 9.17) is 5.26 Å². The highest BCUT2D eigenvalue weighted by Gasteiger charge is 2.13. The highest BCUT2D eigenvalue weighted by atomic mass is 17.1. The zero-order valence-electron chi connectivity index (χ0n) is 10.2. The number of aromatic nitrogens is 4. The molecule has 0 unspecified atom stereocenters. The Labute approximate surface area is 103 Å². The van der Waals surface area contributed by atoms with E-state index in [1.54, 1.807) is 6.07 Å². The molecule has 0 atom stereocenters. The molecule has 2 rings (SSSR count). The SMILES string of the molecule is CCc1cccc(-n2nnn(C)c2=O)c1COO. The van der Waals surface area contributed by atoms with Crippen LogP contribution in [0.25, 0.3) is 5.69 Å². The standard InChI is InChI=1S/C11H14N4O3/c1-3-8-5-4-6-10(9(8)7-18-17)15-11(16)14(2)12-13-15/h4-6,17H,3,7H2,1-2H3. The average molecular weight is 250 g/mol. The Morgan fingerprint density at radius 1 is 1.39 bits per heavy atom. The first-order valence-electron chi connectivity index (χ1n) is 5.55. The quantitative estimate of drug-likeness (QED) is 0.631. The smallest absolute Gasteiger partial charge is 0.251 e. The minimum absolute atomic E-state index is 0.00234. The molecule has 1 aromatic heterocycles. The van der Waals surface area contributed by atoms with Crippen molar-refractivity contribution in [3.63, 3.8) is 0 Å². The van der Waals surface area contributed by atoms with Gasteiger partial charge in [0.2, 0.25) is 0 Å². The zero-order chi connectivity index (χ0) is 13.1. The maximum absolute atomic E-state index is 11.8. The van der Waals surface area contributed by atoms with Crippen molar-refractivity contribution in [2.24, 2.45) is 7.05 Å². The minimum Gasteiger partial charge on any atom is -0.251 e. The lowest BCUT2D eigenvalue weighted by Gasteiger charge is -2.10. The van der Waals surface area contributed by atoms with Crippen molar-refractivity contribution in [1.82, 2.24) is 19.8 Å². The first kappa shape index (κ1) is 12.5. The minimum atomic E-state index is -0.345. The van der Waals surface area contributed by atoms with E-state index >= 15 is 0 Å². The van der Waals surface area contributed by atoms with E-state index in [0.29, 0.717) is 5.69 Å². The van der Waals surface area contributed by atoms with E-state index in [-0.39, 0.29) is 12.3 Å². The van der Waals surface area contributed by atoms with Gasteiger partial charge in [-0.1, -0.05) is 19.1 Å². The lowest BCUT2D eigenvalue weighted by atomic mass is 10.0. The molecule has 1 N–H and O–H groups in total. The second-order valence-electron chi connectivity index (χ2n) is 3.84. The van der Waals surface area contributed by atoms with Gasteiger partial charge >= 0.3 is 5.69 Å². The zero-order valence-corrected chi connectivity index (χ0v) is 10.2. The first-order valence-corrected chi connectivity index (χ1v) is 5.55. The molecule has 7 nitrogen and oxygen atoms in total. The predicted octanol–water partition coefficient (Wildman–Crippen LogP) is 0.518. The fraction of sp³-hybridized carbons (Fsp3) is 0.364. The molecule has 0 saturated heterocycles. The number of hydrogen-bond acceptors (Lipinski definition) is 5. The van der Waals surface area contributed by atoms with Crippen molar-refractivity contribution in [3.05, 3.63) is 39.8 Å². The molecule has 0 spiro atoms. The van der Waals surface area contributed by atoms with Crippen molar-refractivity contribution >= 4 is 0 Å². The van der Waals surface area contributed by atoms with Gasteiger partial charge in [-0.3, -0.25) is 5.26 Å². The van der Waals surface area contributed by atoms with Gasteiger partial charge in [-0.25, -0.2) is 9.68 Å². The summed E-state index contributed by atoms with van der Waals surface area (Å²) in [7, 11) is 1.53. The second kappa shape index (κ2) is 5.11. The van der Waals surface area contributed by atoms with Crippen molar-refractivity contribution in [2.45, 2.75) is 20.0 Å². The highest BCUT2D eigenvalue weighted by Crippen LogP contribution is 2.18. The normalized spacial score (nSPS) is 10.8. The molecule has 0 saturated carbocycles.